The number of hydrogen-bond donors (Lipinski definition) is 1. The molecule has 1 unspecified atom stereocenters. The number of rotatable bonds is 4. The van der Waals surface area contributed by atoms with Crippen LogP contribution >= 0.6 is 11.6 Å². The Hall–Kier alpha value is -1.38. The molecule has 0 aliphatic heterocycles. The fraction of sp³-hybridized carbons (Fsp3) is 0.250. The summed E-state index contributed by atoms with van der Waals surface area (Å²) in [6.45, 7) is 2.09. The van der Waals surface area contributed by atoms with Crippen LogP contribution in [0.5, 0.6) is 0 Å². The smallest absolute Gasteiger partial charge is 0.141 e. The third-order valence-electron chi connectivity index (χ3n) is 3.19. The molecule has 1 nitrogen and oxygen atoms in total. The normalized spacial score (nSPS) is 12.4. The highest BCUT2D eigenvalue weighted by Crippen LogP contribution is 2.22. The summed E-state index contributed by atoms with van der Waals surface area (Å²) in [5.41, 5.74) is 2.91. The van der Waals surface area contributed by atoms with E-state index in [0.29, 0.717) is 6.42 Å². The lowest BCUT2D eigenvalue weighted by molar-refractivity contribution is 0.178. The molecular weight excluding hydrogens is 263 g/mol. The molecule has 1 N–H and O–H groups in total. The number of aliphatic hydroxyl groups is 1. The molecule has 0 saturated carbocycles. The minimum atomic E-state index is -0.604. The van der Waals surface area contributed by atoms with Gasteiger partial charge in [0.05, 0.1) is 11.1 Å². The van der Waals surface area contributed by atoms with E-state index in [9.17, 15) is 9.50 Å². The van der Waals surface area contributed by atoms with Crippen LogP contribution < -0.4 is 0 Å². The summed E-state index contributed by atoms with van der Waals surface area (Å²) in [6.07, 6.45) is 0.794. The van der Waals surface area contributed by atoms with Crippen LogP contribution in [-0.4, -0.2) is 5.11 Å². The lowest BCUT2D eigenvalue weighted by Crippen LogP contribution is -2.02. The summed E-state index contributed by atoms with van der Waals surface area (Å²) >= 11 is 5.73. The van der Waals surface area contributed by atoms with Crippen molar-refractivity contribution in [3.63, 3.8) is 0 Å². The van der Waals surface area contributed by atoms with Gasteiger partial charge in [0, 0.05) is 6.42 Å². The van der Waals surface area contributed by atoms with Crippen LogP contribution in [0.25, 0.3) is 0 Å². The van der Waals surface area contributed by atoms with Gasteiger partial charge in [-0.15, -0.1) is 0 Å². The van der Waals surface area contributed by atoms with Crippen molar-refractivity contribution < 1.29 is 9.50 Å². The number of aliphatic hydroxyl groups excluding tert-OH is 1. The van der Waals surface area contributed by atoms with Crippen molar-refractivity contribution in [2.75, 3.05) is 0 Å². The predicted molar refractivity (Wildman–Crippen MR) is 75.9 cm³/mol. The molecule has 2 aromatic carbocycles. The molecule has 2 aromatic rings. The van der Waals surface area contributed by atoms with E-state index < -0.39 is 11.9 Å². The van der Waals surface area contributed by atoms with Gasteiger partial charge in [0.2, 0.25) is 0 Å². The molecular formula is C16H16ClFO. The summed E-state index contributed by atoms with van der Waals surface area (Å²) < 4.78 is 13.0. The monoisotopic (exact) mass is 278 g/mol. The highest BCUT2D eigenvalue weighted by atomic mass is 35.5. The second-order valence-corrected chi connectivity index (χ2v) is 4.97. The Balaban J connectivity index is 2.10. The highest BCUT2D eigenvalue weighted by molar-refractivity contribution is 6.30. The molecule has 0 aliphatic carbocycles. The van der Waals surface area contributed by atoms with Gasteiger partial charge in [-0.05, 0) is 35.2 Å². The number of halogens is 2. The van der Waals surface area contributed by atoms with Gasteiger partial charge in [-0.2, -0.15) is 0 Å². The Morgan fingerprint density at radius 2 is 1.74 bits per heavy atom. The summed E-state index contributed by atoms with van der Waals surface area (Å²) in [4.78, 5) is 0. The summed E-state index contributed by atoms with van der Waals surface area (Å²) in [7, 11) is 0. The van der Waals surface area contributed by atoms with Crippen molar-refractivity contribution in [1.82, 2.24) is 0 Å². The van der Waals surface area contributed by atoms with Crippen molar-refractivity contribution in [2.24, 2.45) is 0 Å². The third kappa shape index (κ3) is 3.55. The standard InChI is InChI=1S/C16H16ClFO/c1-2-11-3-6-13(7-4-11)16(19)10-12-5-8-15(18)14(17)9-12/h3-9,16,19H,2,10H2,1H3. The topological polar surface area (TPSA) is 20.2 Å². The molecule has 0 radical (unpaired) electrons. The van der Waals surface area contributed by atoms with Crippen molar-refractivity contribution in [1.29, 1.82) is 0 Å². The van der Waals surface area contributed by atoms with Crippen molar-refractivity contribution in [3.05, 3.63) is 70.0 Å². The predicted octanol–water partition coefficient (Wildman–Crippen LogP) is 4.32. The van der Waals surface area contributed by atoms with E-state index in [1.165, 1.54) is 11.6 Å². The zero-order chi connectivity index (χ0) is 13.8. The van der Waals surface area contributed by atoms with Crippen LogP contribution in [0.1, 0.15) is 29.7 Å². The van der Waals surface area contributed by atoms with Crippen molar-refractivity contribution in [2.45, 2.75) is 25.9 Å². The van der Waals surface area contributed by atoms with E-state index in [2.05, 4.69) is 6.92 Å². The van der Waals surface area contributed by atoms with Crippen LogP contribution in [0, 0.1) is 5.82 Å². The fourth-order valence-corrected chi connectivity index (χ4v) is 2.19. The molecule has 0 saturated heterocycles. The van der Waals surface area contributed by atoms with E-state index in [-0.39, 0.29) is 5.02 Å². The largest absolute Gasteiger partial charge is 0.388 e. The molecule has 2 rings (SSSR count). The average molecular weight is 279 g/mol. The van der Waals surface area contributed by atoms with Crippen LogP contribution in [0.15, 0.2) is 42.5 Å². The Kier molecular flexibility index (Phi) is 4.56. The zero-order valence-corrected chi connectivity index (χ0v) is 11.5. The van der Waals surface area contributed by atoms with Gasteiger partial charge >= 0.3 is 0 Å². The molecule has 0 heterocycles. The van der Waals surface area contributed by atoms with E-state index in [1.54, 1.807) is 12.1 Å². The van der Waals surface area contributed by atoms with Gasteiger partial charge in [-0.25, -0.2) is 4.39 Å². The first-order valence-corrected chi connectivity index (χ1v) is 6.68. The SMILES string of the molecule is CCc1ccc(C(O)Cc2ccc(F)c(Cl)c2)cc1. The van der Waals surface area contributed by atoms with Gasteiger partial charge in [-0.3, -0.25) is 0 Å². The molecule has 3 heteroatoms. The highest BCUT2D eigenvalue weighted by Gasteiger charge is 2.10. The van der Waals surface area contributed by atoms with Crippen molar-refractivity contribution in [3.8, 4) is 0 Å². The van der Waals surface area contributed by atoms with Crippen LogP contribution in [0.2, 0.25) is 5.02 Å². The van der Waals surface area contributed by atoms with Crippen LogP contribution in [-0.2, 0) is 12.8 Å². The van der Waals surface area contributed by atoms with E-state index in [0.717, 1.165) is 17.5 Å². The van der Waals surface area contributed by atoms with Gasteiger partial charge in [0.15, 0.2) is 0 Å². The van der Waals surface area contributed by atoms with E-state index in [1.807, 2.05) is 24.3 Å². The van der Waals surface area contributed by atoms with Crippen molar-refractivity contribution >= 4 is 11.6 Å². The quantitative estimate of drug-likeness (QED) is 0.883. The van der Waals surface area contributed by atoms with Gasteiger partial charge < -0.3 is 5.11 Å². The summed E-state index contributed by atoms with van der Waals surface area (Å²) in [5, 5.41) is 10.2. The molecule has 0 spiro atoms. The summed E-state index contributed by atoms with van der Waals surface area (Å²) in [5.74, 6) is -0.438. The first-order chi connectivity index (χ1) is 9.10. The minimum absolute atomic E-state index is 0.0889. The minimum Gasteiger partial charge on any atom is -0.388 e. The van der Waals surface area contributed by atoms with Crippen LogP contribution in [0.3, 0.4) is 0 Å². The average Bonchev–Trinajstić information content (AvgIpc) is 2.43. The number of aryl methyl sites for hydroxylation is 1. The molecule has 0 aromatic heterocycles. The summed E-state index contributed by atoms with van der Waals surface area (Å²) in [6, 6.07) is 12.4. The number of hydrogen-bond acceptors (Lipinski definition) is 1. The van der Waals surface area contributed by atoms with E-state index in [4.69, 9.17) is 11.6 Å². The molecule has 100 valence electrons. The molecule has 1 atom stereocenters. The van der Waals surface area contributed by atoms with Crippen LogP contribution in [0.4, 0.5) is 4.39 Å². The molecule has 0 bridgehead atoms. The fourth-order valence-electron chi connectivity index (χ4n) is 1.98. The Morgan fingerprint density at radius 3 is 2.32 bits per heavy atom. The maximum atomic E-state index is 13.0. The zero-order valence-electron chi connectivity index (χ0n) is 10.7. The number of benzene rings is 2. The lowest BCUT2D eigenvalue weighted by atomic mass is 10.00. The lowest BCUT2D eigenvalue weighted by Gasteiger charge is -2.12. The van der Waals surface area contributed by atoms with Gasteiger partial charge in [-0.1, -0.05) is 48.9 Å². The second-order valence-electron chi connectivity index (χ2n) is 4.56. The first-order valence-electron chi connectivity index (χ1n) is 6.31. The molecule has 0 aliphatic rings. The second kappa shape index (κ2) is 6.18. The van der Waals surface area contributed by atoms with Gasteiger partial charge in [0.1, 0.15) is 5.82 Å². The Bertz CT molecular complexity index is 551. The van der Waals surface area contributed by atoms with E-state index >= 15 is 0 Å². The third-order valence-corrected chi connectivity index (χ3v) is 3.48. The van der Waals surface area contributed by atoms with Gasteiger partial charge in [0.25, 0.3) is 0 Å². The molecule has 19 heavy (non-hydrogen) atoms. The molecule has 0 fully saturated rings. The maximum absolute atomic E-state index is 13.0. The molecule has 0 amide bonds. The Morgan fingerprint density at radius 1 is 1.11 bits per heavy atom. The Labute approximate surface area is 117 Å². The first kappa shape index (κ1) is 14.0. The maximum Gasteiger partial charge on any atom is 0.141 e.